The predicted octanol–water partition coefficient (Wildman–Crippen LogP) is -4.84. The summed E-state index contributed by atoms with van der Waals surface area (Å²) < 4.78 is 0. The lowest BCUT2D eigenvalue weighted by atomic mass is 10.2. The number of carboxylic acid groups (broad SMARTS) is 1. The third kappa shape index (κ3) is 5.04. The molecule has 11 nitrogen and oxygen atoms in total. The van der Waals surface area contributed by atoms with Crippen LogP contribution in [0.4, 0.5) is 0 Å². The molecule has 0 aromatic heterocycles. The second-order valence-electron chi connectivity index (χ2n) is 3.52. The molecule has 19 heavy (non-hydrogen) atoms. The van der Waals surface area contributed by atoms with E-state index in [1.807, 2.05) is 0 Å². The molecule has 0 radical (unpaired) electrons. The average molecular weight is 282 g/mol. The highest BCUT2D eigenvalue weighted by atomic mass is 16.5. The van der Waals surface area contributed by atoms with Crippen LogP contribution >= 0.6 is 0 Å². The third-order valence-electron chi connectivity index (χ3n) is 2.09. The summed E-state index contributed by atoms with van der Waals surface area (Å²) >= 11 is 0. The molecular formula is C8H18N4O7. The van der Waals surface area contributed by atoms with Crippen molar-refractivity contribution in [2.75, 3.05) is 13.2 Å². The van der Waals surface area contributed by atoms with Crippen molar-refractivity contribution in [2.24, 2.45) is 5.73 Å². The van der Waals surface area contributed by atoms with Gasteiger partial charge in [0.1, 0.15) is 12.0 Å². The molecule has 0 amide bonds. The summed E-state index contributed by atoms with van der Waals surface area (Å²) in [5, 5.41) is 61.2. The summed E-state index contributed by atoms with van der Waals surface area (Å²) in [7, 11) is 0. The zero-order valence-electron chi connectivity index (χ0n) is 9.84. The molecule has 0 aliphatic rings. The Hall–Kier alpha value is -1.34. The number of aliphatic hydroxyl groups is 5. The Bertz CT molecular complexity index is 313. The number of amidine groups is 1. The Kier molecular flexibility index (Phi) is 7.40. The number of nitrogens with two attached hydrogens (primary N) is 1. The van der Waals surface area contributed by atoms with Crippen LogP contribution in [0.15, 0.2) is 0 Å². The minimum Gasteiger partial charge on any atom is -0.479 e. The number of nitrogens with zero attached hydrogens (tertiary/aromatic N) is 1. The van der Waals surface area contributed by atoms with Crippen LogP contribution in [0.1, 0.15) is 0 Å². The first-order valence-electron chi connectivity index (χ1n) is 5.16. The number of nitrogens with one attached hydrogen (secondary N) is 2. The largest absolute Gasteiger partial charge is 0.479 e. The Morgan fingerprint density at radius 3 is 2.16 bits per heavy atom. The maximum Gasteiger partial charge on any atom is 0.336 e. The molecule has 0 aromatic rings. The van der Waals surface area contributed by atoms with Gasteiger partial charge in [-0.25, -0.2) is 10.2 Å². The number of carboxylic acids is 1. The molecule has 3 unspecified atom stereocenters. The first-order valence-corrected chi connectivity index (χ1v) is 5.16. The number of carbonyl (C=O) groups is 1. The molecule has 0 rings (SSSR count). The van der Waals surface area contributed by atoms with Gasteiger partial charge in [0, 0.05) is 6.54 Å². The van der Waals surface area contributed by atoms with E-state index in [2.05, 4.69) is 5.43 Å². The SMILES string of the molecule is N=C(C(O)C(O)O)N(NCCO)C(N)C(O)C(=O)O. The second kappa shape index (κ2) is 7.96. The highest BCUT2D eigenvalue weighted by Gasteiger charge is 2.33. The fraction of sp³-hybridized carbons (Fsp3) is 0.750. The molecule has 0 saturated heterocycles. The minimum absolute atomic E-state index is 0.170. The van der Waals surface area contributed by atoms with Crippen molar-refractivity contribution in [3.05, 3.63) is 0 Å². The summed E-state index contributed by atoms with van der Waals surface area (Å²) in [5.74, 6) is -2.55. The van der Waals surface area contributed by atoms with Crippen LogP contribution in [-0.4, -0.2) is 85.3 Å². The number of aliphatic hydroxyl groups excluding tert-OH is 4. The Labute approximate surface area is 108 Å². The van der Waals surface area contributed by atoms with Crippen molar-refractivity contribution in [3.8, 4) is 0 Å². The van der Waals surface area contributed by atoms with Gasteiger partial charge in [0.2, 0.25) is 0 Å². The molecule has 112 valence electrons. The molecule has 0 saturated carbocycles. The third-order valence-corrected chi connectivity index (χ3v) is 2.09. The summed E-state index contributed by atoms with van der Waals surface area (Å²) in [4.78, 5) is 10.6. The number of aliphatic carboxylic acids is 1. The van der Waals surface area contributed by atoms with Crippen LogP contribution in [0.5, 0.6) is 0 Å². The van der Waals surface area contributed by atoms with Crippen molar-refractivity contribution < 1.29 is 35.4 Å². The summed E-state index contributed by atoms with van der Waals surface area (Å²) in [6.07, 6.45) is -8.15. The molecule has 3 atom stereocenters. The highest BCUT2D eigenvalue weighted by Crippen LogP contribution is 2.03. The lowest BCUT2D eigenvalue weighted by Crippen LogP contribution is -2.63. The lowest BCUT2D eigenvalue weighted by molar-refractivity contribution is -0.150. The van der Waals surface area contributed by atoms with Gasteiger partial charge in [0.25, 0.3) is 0 Å². The lowest BCUT2D eigenvalue weighted by Gasteiger charge is -2.34. The van der Waals surface area contributed by atoms with Gasteiger partial charge < -0.3 is 36.4 Å². The molecule has 0 aliphatic heterocycles. The molecule has 0 fully saturated rings. The number of hydrogen-bond donors (Lipinski definition) is 9. The highest BCUT2D eigenvalue weighted by molar-refractivity contribution is 5.84. The van der Waals surface area contributed by atoms with Gasteiger partial charge in [0.15, 0.2) is 18.5 Å². The van der Waals surface area contributed by atoms with Gasteiger partial charge in [-0.05, 0) is 0 Å². The first kappa shape index (κ1) is 17.7. The van der Waals surface area contributed by atoms with Crippen LogP contribution in [-0.2, 0) is 4.79 Å². The van der Waals surface area contributed by atoms with Crippen LogP contribution < -0.4 is 11.2 Å². The van der Waals surface area contributed by atoms with Crippen LogP contribution in [0.3, 0.4) is 0 Å². The molecule has 0 heterocycles. The average Bonchev–Trinajstić information content (AvgIpc) is 2.36. The minimum atomic E-state index is -2.29. The predicted molar refractivity (Wildman–Crippen MR) is 60.5 cm³/mol. The van der Waals surface area contributed by atoms with Gasteiger partial charge in [-0.15, -0.1) is 0 Å². The van der Waals surface area contributed by atoms with Gasteiger partial charge in [-0.3, -0.25) is 10.4 Å². The topological polar surface area (TPSA) is 204 Å². The summed E-state index contributed by atoms with van der Waals surface area (Å²) in [5.41, 5.74) is 7.65. The summed E-state index contributed by atoms with van der Waals surface area (Å²) in [6, 6.07) is 0. The van der Waals surface area contributed by atoms with E-state index < -0.39 is 43.1 Å². The molecule has 10 N–H and O–H groups in total. The van der Waals surface area contributed by atoms with Crippen LogP contribution in [0.25, 0.3) is 0 Å². The molecule has 11 heteroatoms. The fourth-order valence-electron chi connectivity index (χ4n) is 1.09. The van der Waals surface area contributed by atoms with Crippen LogP contribution in [0.2, 0.25) is 0 Å². The quantitative estimate of drug-likeness (QED) is 0.0898. The van der Waals surface area contributed by atoms with Gasteiger partial charge in [-0.2, -0.15) is 0 Å². The van der Waals surface area contributed by atoms with Crippen LogP contribution in [0, 0.1) is 5.41 Å². The Morgan fingerprint density at radius 1 is 1.26 bits per heavy atom. The normalized spacial score (nSPS) is 15.9. The van der Waals surface area contributed by atoms with Gasteiger partial charge in [0.05, 0.1) is 6.61 Å². The van der Waals surface area contributed by atoms with E-state index in [9.17, 15) is 15.0 Å². The van der Waals surface area contributed by atoms with Crippen molar-refractivity contribution >= 4 is 11.8 Å². The summed E-state index contributed by atoms with van der Waals surface area (Å²) in [6.45, 7) is -0.575. The van der Waals surface area contributed by atoms with E-state index in [0.29, 0.717) is 5.01 Å². The zero-order valence-corrected chi connectivity index (χ0v) is 9.84. The van der Waals surface area contributed by atoms with E-state index in [4.69, 9.17) is 31.6 Å². The smallest absolute Gasteiger partial charge is 0.336 e. The molecule has 0 aromatic carbocycles. The van der Waals surface area contributed by atoms with Crippen molar-refractivity contribution in [2.45, 2.75) is 24.7 Å². The number of hydrazine groups is 1. The number of hydrogen-bond acceptors (Lipinski definition) is 9. The monoisotopic (exact) mass is 282 g/mol. The maximum atomic E-state index is 10.6. The Balaban J connectivity index is 4.98. The molecule has 0 aliphatic carbocycles. The van der Waals surface area contributed by atoms with Gasteiger partial charge in [-0.1, -0.05) is 0 Å². The molecular weight excluding hydrogens is 264 g/mol. The number of rotatable bonds is 8. The van der Waals surface area contributed by atoms with E-state index in [-0.39, 0.29) is 6.54 Å². The van der Waals surface area contributed by atoms with E-state index in [0.717, 1.165) is 0 Å². The van der Waals surface area contributed by atoms with Gasteiger partial charge >= 0.3 is 5.97 Å². The first-order chi connectivity index (χ1) is 8.73. The van der Waals surface area contributed by atoms with Crippen molar-refractivity contribution in [3.63, 3.8) is 0 Å². The second-order valence-corrected chi connectivity index (χ2v) is 3.52. The Morgan fingerprint density at radius 2 is 1.79 bits per heavy atom. The van der Waals surface area contributed by atoms with E-state index in [1.54, 1.807) is 0 Å². The standard InChI is InChI=1S/C8H18N4O7/c9-5(3(14)7(16)17)12(11-1-2-13)6(10)4(15)8(18)19/h3-5,8,10-11,13-15,18-19H,1-2,9H2,(H,16,17). The van der Waals surface area contributed by atoms with Crippen molar-refractivity contribution in [1.82, 2.24) is 10.4 Å². The van der Waals surface area contributed by atoms with E-state index >= 15 is 0 Å². The fourth-order valence-corrected chi connectivity index (χ4v) is 1.09. The van der Waals surface area contributed by atoms with E-state index in [1.165, 1.54) is 0 Å². The maximum absolute atomic E-state index is 10.6. The van der Waals surface area contributed by atoms with Crippen molar-refractivity contribution in [1.29, 1.82) is 5.41 Å². The molecule has 0 bridgehead atoms. The zero-order chi connectivity index (χ0) is 15.2. The molecule has 0 spiro atoms.